The molecule has 2 saturated heterocycles. The first kappa shape index (κ1) is 27.9. The first-order chi connectivity index (χ1) is 18.0. The SMILES string of the molecule is CN(C)CCN1CCN(C(=O)c2cccc(/C=C3\SC(=O)N(Cc4ccc(C(F)(F)F)cc4)C3=O)c2)CC1. The van der Waals surface area contributed by atoms with E-state index in [1.807, 2.05) is 19.0 Å². The van der Waals surface area contributed by atoms with Gasteiger partial charge < -0.3 is 9.80 Å². The fourth-order valence-electron chi connectivity index (χ4n) is 4.23. The Morgan fingerprint density at radius 3 is 2.34 bits per heavy atom. The van der Waals surface area contributed by atoms with E-state index in [2.05, 4.69) is 9.80 Å². The van der Waals surface area contributed by atoms with E-state index in [9.17, 15) is 27.6 Å². The zero-order valence-corrected chi connectivity index (χ0v) is 22.0. The Kier molecular flexibility index (Phi) is 8.59. The topological polar surface area (TPSA) is 64.2 Å². The van der Waals surface area contributed by atoms with Crippen LogP contribution in [0.4, 0.5) is 18.0 Å². The molecule has 0 N–H and O–H groups in total. The normalized spacial score (nSPS) is 18.2. The molecule has 0 saturated carbocycles. The Hall–Kier alpha value is -3.15. The molecule has 0 atom stereocenters. The first-order valence-electron chi connectivity index (χ1n) is 12.2. The molecule has 0 radical (unpaired) electrons. The van der Waals surface area contributed by atoms with E-state index in [1.165, 1.54) is 12.1 Å². The van der Waals surface area contributed by atoms with E-state index < -0.39 is 22.9 Å². The van der Waals surface area contributed by atoms with Crippen molar-refractivity contribution >= 4 is 34.9 Å². The maximum atomic E-state index is 13.1. The highest BCUT2D eigenvalue weighted by atomic mass is 32.2. The van der Waals surface area contributed by atoms with Crippen LogP contribution in [-0.4, -0.2) is 90.0 Å². The van der Waals surface area contributed by atoms with Crippen molar-refractivity contribution < 1.29 is 27.6 Å². The van der Waals surface area contributed by atoms with Crippen molar-refractivity contribution in [2.45, 2.75) is 12.7 Å². The van der Waals surface area contributed by atoms with Crippen LogP contribution in [0.1, 0.15) is 27.0 Å². The molecule has 2 aliphatic heterocycles. The summed E-state index contributed by atoms with van der Waals surface area (Å²) in [5.74, 6) is -0.603. The lowest BCUT2D eigenvalue weighted by atomic mass is 10.1. The smallest absolute Gasteiger partial charge is 0.336 e. The third-order valence-electron chi connectivity index (χ3n) is 6.45. The van der Waals surface area contributed by atoms with Crippen molar-refractivity contribution in [1.82, 2.24) is 19.6 Å². The number of hydrogen-bond acceptors (Lipinski definition) is 6. The van der Waals surface area contributed by atoms with E-state index in [1.54, 1.807) is 30.3 Å². The monoisotopic (exact) mass is 546 g/mol. The average molecular weight is 547 g/mol. The zero-order valence-electron chi connectivity index (χ0n) is 21.2. The Morgan fingerprint density at radius 2 is 1.71 bits per heavy atom. The van der Waals surface area contributed by atoms with Crippen molar-refractivity contribution in [3.05, 3.63) is 75.7 Å². The summed E-state index contributed by atoms with van der Waals surface area (Å²) in [5, 5.41) is -0.500. The maximum absolute atomic E-state index is 13.1. The molecule has 0 unspecified atom stereocenters. The van der Waals surface area contributed by atoms with Crippen molar-refractivity contribution in [2.75, 3.05) is 53.4 Å². The second-order valence-corrected chi connectivity index (χ2v) is 10.5. The number of imide groups is 1. The number of thioether (sulfide) groups is 1. The number of hydrogen-bond donors (Lipinski definition) is 0. The Bertz CT molecular complexity index is 1220. The molecule has 11 heteroatoms. The van der Waals surface area contributed by atoms with E-state index in [0.29, 0.717) is 29.8 Å². The van der Waals surface area contributed by atoms with Crippen LogP contribution in [0, 0.1) is 0 Å². The van der Waals surface area contributed by atoms with Crippen LogP contribution >= 0.6 is 11.8 Å². The number of halogens is 3. The van der Waals surface area contributed by atoms with Crippen LogP contribution in [-0.2, 0) is 17.5 Å². The number of likely N-dealkylation sites (N-methyl/N-ethyl adjacent to an activating group) is 1. The minimum Gasteiger partial charge on any atom is -0.336 e. The van der Waals surface area contributed by atoms with Gasteiger partial charge in [-0.1, -0.05) is 24.3 Å². The number of rotatable bonds is 7. The van der Waals surface area contributed by atoms with E-state index in [4.69, 9.17) is 0 Å². The quantitative estimate of drug-likeness (QED) is 0.484. The highest BCUT2D eigenvalue weighted by Crippen LogP contribution is 2.34. The summed E-state index contributed by atoms with van der Waals surface area (Å²) in [6.07, 6.45) is -2.90. The standard InChI is InChI=1S/C27H29F3N4O3S/c1-31(2)10-11-32-12-14-33(15-13-32)24(35)21-5-3-4-20(16-21)17-23-25(36)34(26(37)38-23)18-19-6-8-22(9-7-19)27(28,29)30/h3-9,16-17H,10-15,18H2,1-2H3/b23-17-. The fraction of sp³-hybridized carbons (Fsp3) is 0.370. The molecule has 0 aliphatic carbocycles. The van der Waals surface area contributed by atoms with Gasteiger partial charge in [0.25, 0.3) is 17.1 Å². The first-order valence-corrected chi connectivity index (χ1v) is 13.0. The van der Waals surface area contributed by atoms with Gasteiger partial charge in [-0.3, -0.25) is 24.2 Å². The molecule has 2 fully saturated rings. The van der Waals surface area contributed by atoms with E-state index >= 15 is 0 Å². The Labute approximate surface area is 223 Å². The van der Waals surface area contributed by atoms with Crippen molar-refractivity contribution in [2.24, 2.45) is 0 Å². The molecular formula is C27H29F3N4O3S. The molecule has 7 nitrogen and oxygen atoms in total. The summed E-state index contributed by atoms with van der Waals surface area (Å²) >= 11 is 0.767. The summed E-state index contributed by atoms with van der Waals surface area (Å²) in [6, 6.07) is 11.3. The summed E-state index contributed by atoms with van der Waals surface area (Å²) < 4.78 is 38.4. The van der Waals surface area contributed by atoms with Crippen molar-refractivity contribution in [1.29, 1.82) is 0 Å². The van der Waals surface area contributed by atoms with Crippen molar-refractivity contribution in [3.63, 3.8) is 0 Å². The molecule has 202 valence electrons. The maximum Gasteiger partial charge on any atom is 0.416 e. The number of carbonyl (C=O) groups is 3. The van der Waals surface area contributed by atoms with Gasteiger partial charge in [0.15, 0.2) is 0 Å². The van der Waals surface area contributed by atoms with Gasteiger partial charge in [0, 0.05) is 44.8 Å². The number of nitrogens with zero attached hydrogens (tertiary/aromatic N) is 4. The van der Waals surface area contributed by atoms with E-state index in [0.717, 1.165) is 55.0 Å². The highest BCUT2D eigenvalue weighted by Gasteiger charge is 2.35. The lowest BCUT2D eigenvalue weighted by molar-refractivity contribution is -0.137. The van der Waals surface area contributed by atoms with Crippen LogP contribution in [0.3, 0.4) is 0 Å². The zero-order chi connectivity index (χ0) is 27.4. The van der Waals surface area contributed by atoms with Gasteiger partial charge in [-0.25, -0.2) is 0 Å². The summed E-state index contributed by atoms with van der Waals surface area (Å²) in [4.78, 5) is 46.0. The second-order valence-electron chi connectivity index (χ2n) is 9.53. The Morgan fingerprint density at radius 1 is 1.03 bits per heavy atom. The Balaban J connectivity index is 1.40. The van der Waals surface area contributed by atoms with Crippen molar-refractivity contribution in [3.8, 4) is 0 Å². The van der Waals surface area contributed by atoms with Crippen LogP contribution < -0.4 is 0 Å². The minimum absolute atomic E-state index is 0.0806. The van der Waals surface area contributed by atoms with Gasteiger partial charge >= 0.3 is 6.18 Å². The molecule has 4 rings (SSSR count). The van der Waals surface area contributed by atoms with Crippen LogP contribution in [0.5, 0.6) is 0 Å². The summed E-state index contributed by atoms with van der Waals surface area (Å²) in [5.41, 5.74) is 0.733. The van der Waals surface area contributed by atoms with Gasteiger partial charge in [0.2, 0.25) is 0 Å². The molecule has 38 heavy (non-hydrogen) atoms. The molecule has 0 bridgehead atoms. The van der Waals surface area contributed by atoms with Gasteiger partial charge in [-0.05, 0) is 67.3 Å². The van der Waals surface area contributed by atoms with Gasteiger partial charge in [0.1, 0.15) is 0 Å². The van der Waals surface area contributed by atoms with Gasteiger partial charge in [-0.2, -0.15) is 13.2 Å². The van der Waals surface area contributed by atoms with Crippen LogP contribution in [0.15, 0.2) is 53.4 Å². The van der Waals surface area contributed by atoms with Gasteiger partial charge in [-0.15, -0.1) is 0 Å². The molecule has 2 aliphatic rings. The van der Waals surface area contributed by atoms with Crippen LogP contribution in [0.25, 0.3) is 6.08 Å². The second kappa shape index (κ2) is 11.7. The van der Waals surface area contributed by atoms with Crippen LogP contribution in [0.2, 0.25) is 0 Å². The molecule has 0 aromatic heterocycles. The number of benzene rings is 2. The lowest BCUT2D eigenvalue weighted by Gasteiger charge is -2.35. The molecule has 2 aromatic rings. The number of carbonyl (C=O) groups excluding carboxylic acids is 3. The minimum atomic E-state index is -4.46. The average Bonchev–Trinajstić information content (AvgIpc) is 3.14. The number of piperazine rings is 1. The lowest BCUT2D eigenvalue weighted by Crippen LogP contribution is -2.49. The van der Waals surface area contributed by atoms with Gasteiger partial charge in [0.05, 0.1) is 17.0 Å². The highest BCUT2D eigenvalue weighted by molar-refractivity contribution is 8.18. The predicted octanol–water partition coefficient (Wildman–Crippen LogP) is 4.26. The summed E-state index contributed by atoms with van der Waals surface area (Å²) in [6.45, 7) is 4.69. The number of alkyl halides is 3. The fourth-order valence-corrected chi connectivity index (χ4v) is 5.07. The predicted molar refractivity (Wildman–Crippen MR) is 140 cm³/mol. The third kappa shape index (κ3) is 6.83. The largest absolute Gasteiger partial charge is 0.416 e. The molecule has 2 aromatic carbocycles. The number of amides is 3. The molecular weight excluding hydrogens is 517 g/mol. The molecule has 3 amide bonds. The third-order valence-corrected chi connectivity index (χ3v) is 7.36. The molecule has 0 spiro atoms. The molecule has 2 heterocycles. The summed E-state index contributed by atoms with van der Waals surface area (Å²) in [7, 11) is 4.07. The van der Waals surface area contributed by atoms with E-state index in [-0.39, 0.29) is 17.4 Å².